The number of anilines is 1. The zero-order valence-corrected chi connectivity index (χ0v) is 20.6. The second-order valence-electron chi connectivity index (χ2n) is 9.14. The number of aldehydes is 1. The number of nitrogens with one attached hydrogen (secondary N) is 1. The Morgan fingerprint density at radius 1 is 1.14 bits per heavy atom. The number of primary amides is 1. The Hall–Kier alpha value is -3.53. The highest BCUT2D eigenvalue weighted by molar-refractivity contribution is 8.00. The first kappa shape index (κ1) is 26.1. The van der Waals surface area contributed by atoms with Gasteiger partial charge in [-0.3, -0.25) is 0 Å². The molecule has 1 fully saturated rings. The zero-order chi connectivity index (χ0) is 25.8. The van der Waals surface area contributed by atoms with Crippen LogP contribution in [0.4, 0.5) is 10.5 Å². The number of hydrogen-bond donors (Lipinski definition) is 3. The number of aliphatic carboxylic acids is 1. The van der Waals surface area contributed by atoms with E-state index in [-0.39, 0.29) is 10.9 Å². The predicted octanol–water partition coefficient (Wildman–Crippen LogP) is 3.19. The third-order valence-corrected chi connectivity index (χ3v) is 6.82. The lowest BCUT2D eigenvalue weighted by Crippen LogP contribution is -2.55. The van der Waals surface area contributed by atoms with Gasteiger partial charge >= 0.3 is 18.0 Å². The number of hydrogen-bond acceptors (Lipinski definition) is 7. The lowest BCUT2D eigenvalue weighted by molar-refractivity contribution is -0.155. The fourth-order valence-corrected chi connectivity index (χ4v) is 5.54. The highest BCUT2D eigenvalue weighted by Crippen LogP contribution is 2.47. The summed E-state index contributed by atoms with van der Waals surface area (Å²) in [6.07, 6.45) is -0.143. The monoisotopic (exact) mass is 499 g/mol. The standard InChI is InChI=1S/C25H29N3O6S/c1-24(2,3)34-21(30)19-15-35-20(16-9-5-4-6-10-16)28(19)18-12-8-7-11-17(18)25(13-14-29,22(31)32)27-23(26)33/h4-12,14,19-20H,13,15H2,1-3H3,(H,31,32)(H3,26,27,33). The highest BCUT2D eigenvalue weighted by atomic mass is 32.2. The highest BCUT2D eigenvalue weighted by Gasteiger charge is 2.48. The third kappa shape index (κ3) is 5.59. The van der Waals surface area contributed by atoms with E-state index in [4.69, 9.17) is 10.5 Å². The molecule has 4 N–H and O–H groups in total. The first-order valence-corrected chi connectivity index (χ1v) is 12.1. The molecule has 3 unspecified atom stereocenters. The molecule has 0 aromatic heterocycles. The average molecular weight is 500 g/mol. The SMILES string of the molecule is CC(C)(C)OC(=O)C1CSC(c2ccccc2)N1c1ccccc1C(CC=O)(NC(N)=O)C(=O)O. The number of amides is 2. The molecule has 0 spiro atoms. The van der Waals surface area contributed by atoms with E-state index in [0.717, 1.165) is 5.56 Å². The van der Waals surface area contributed by atoms with Crippen LogP contribution in [0.1, 0.15) is 43.7 Å². The number of carbonyl (C=O) groups excluding carboxylic acids is 3. The largest absolute Gasteiger partial charge is 0.479 e. The minimum absolute atomic E-state index is 0.135. The van der Waals surface area contributed by atoms with E-state index in [1.165, 1.54) is 17.8 Å². The summed E-state index contributed by atoms with van der Waals surface area (Å²) in [6, 6.07) is 14.1. The van der Waals surface area contributed by atoms with Crippen LogP contribution < -0.4 is 16.0 Å². The van der Waals surface area contributed by atoms with E-state index >= 15 is 0 Å². The maximum absolute atomic E-state index is 13.3. The van der Waals surface area contributed by atoms with E-state index < -0.39 is 41.6 Å². The van der Waals surface area contributed by atoms with Crippen LogP contribution in [-0.4, -0.2) is 46.8 Å². The van der Waals surface area contributed by atoms with Gasteiger partial charge in [0.15, 0.2) is 5.54 Å². The number of urea groups is 1. The van der Waals surface area contributed by atoms with Gasteiger partial charge in [-0.25, -0.2) is 14.4 Å². The number of para-hydroxylation sites is 1. The van der Waals surface area contributed by atoms with Crippen molar-refractivity contribution in [2.45, 2.75) is 49.7 Å². The molecule has 0 saturated carbocycles. The van der Waals surface area contributed by atoms with Gasteiger partial charge in [-0.1, -0.05) is 48.5 Å². The summed E-state index contributed by atoms with van der Waals surface area (Å²) in [6.45, 7) is 5.32. The first-order valence-electron chi connectivity index (χ1n) is 11.0. The molecular formula is C25H29N3O6S. The smallest absolute Gasteiger partial charge is 0.334 e. The van der Waals surface area contributed by atoms with Gasteiger partial charge in [0.2, 0.25) is 0 Å². The molecule has 9 nitrogen and oxygen atoms in total. The molecule has 0 aliphatic carbocycles. The first-order chi connectivity index (χ1) is 16.5. The van der Waals surface area contributed by atoms with Crippen LogP contribution in [0, 0.1) is 0 Å². The van der Waals surface area contributed by atoms with Crippen molar-refractivity contribution in [3.05, 3.63) is 65.7 Å². The number of esters is 1. The lowest BCUT2D eigenvalue weighted by Gasteiger charge is -2.37. The molecule has 0 bridgehead atoms. The molecule has 2 aromatic carbocycles. The summed E-state index contributed by atoms with van der Waals surface area (Å²) in [5.41, 5.74) is 3.88. The van der Waals surface area contributed by atoms with Crippen LogP contribution in [0.25, 0.3) is 0 Å². The zero-order valence-electron chi connectivity index (χ0n) is 19.8. The predicted molar refractivity (Wildman–Crippen MR) is 133 cm³/mol. The van der Waals surface area contributed by atoms with Crippen molar-refractivity contribution in [2.75, 3.05) is 10.7 Å². The maximum Gasteiger partial charge on any atom is 0.334 e. The van der Waals surface area contributed by atoms with E-state index in [1.54, 1.807) is 43.9 Å². The van der Waals surface area contributed by atoms with E-state index in [1.807, 2.05) is 30.3 Å². The van der Waals surface area contributed by atoms with Crippen LogP contribution in [0.15, 0.2) is 54.6 Å². The molecule has 1 saturated heterocycles. The van der Waals surface area contributed by atoms with Crippen molar-refractivity contribution in [3.63, 3.8) is 0 Å². The third-order valence-electron chi connectivity index (χ3n) is 5.50. The number of carboxylic acid groups (broad SMARTS) is 1. The van der Waals surface area contributed by atoms with Crippen molar-refractivity contribution in [2.24, 2.45) is 5.73 Å². The van der Waals surface area contributed by atoms with Gasteiger partial charge in [0.25, 0.3) is 0 Å². The lowest BCUT2D eigenvalue weighted by atomic mass is 9.85. The molecule has 186 valence electrons. The molecule has 2 amide bonds. The Bertz CT molecular complexity index is 1100. The number of carbonyl (C=O) groups is 4. The van der Waals surface area contributed by atoms with Crippen LogP contribution in [-0.2, 0) is 24.7 Å². The maximum atomic E-state index is 13.3. The molecule has 35 heavy (non-hydrogen) atoms. The quantitative estimate of drug-likeness (QED) is 0.372. The number of nitrogens with two attached hydrogens (primary N) is 1. The second kappa shape index (κ2) is 10.4. The molecule has 3 atom stereocenters. The Morgan fingerprint density at radius 3 is 2.34 bits per heavy atom. The van der Waals surface area contributed by atoms with Gasteiger partial charge in [0, 0.05) is 23.4 Å². The summed E-state index contributed by atoms with van der Waals surface area (Å²) in [7, 11) is 0. The Kier molecular flexibility index (Phi) is 7.74. The molecule has 0 radical (unpaired) electrons. The normalized spacial score (nSPS) is 19.5. The fourth-order valence-electron chi connectivity index (χ4n) is 4.11. The number of benzene rings is 2. The number of carboxylic acids is 1. The summed E-state index contributed by atoms with van der Waals surface area (Å²) < 4.78 is 5.69. The average Bonchev–Trinajstić information content (AvgIpc) is 3.23. The number of thioether (sulfide) groups is 1. The fraction of sp³-hybridized carbons (Fsp3) is 0.360. The summed E-state index contributed by atoms with van der Waals surface area (Å²) >= 11 is 1.51. The summed E-state index contributed by atoms with van der Waals surface area (Å²) in [5, 5.41) is 12.1. The molecule has 2 aromatic rings. The van der Waals surface area contributed by atoms with E-state index in [2.05, 4.69) is 5.32 Å². The van der Waals surface area contributed by atoms with Gasteiger partial charge in [0.05, 0.1) is 0 Å². The van der Waals surface area contributed by atoms with E-state index in [9.17, 15) is 24.3 Å². The molecular weight excluding hydrogens is 470 g/mol. The Morgan fingerprint density at radius 2 is 1.77 bits per heavy atom. The number of ether oxygens (including phenoxy) is 1. The van der Waals surface area contributed by atoms with Gasteiger partial charge in [-0.15, -0.1) is 11.8 Å². The van der Waals surface area contributed by atoms with Gasteiger partial charge < -0.3 is 30.6 Å². The van der Waals surface area contributed by atoms with Crippen molar-refractivity contribution >= 4 is 41.7 Å². The van der Waals surface area contributed by atoms with Crippen LogP contribution in [0.3, 0.4) is 0 Å². The van der Waals surface area contributed by atoms with Crippen LogP contribution in [0.5, 0.6) is 0 Å². The van der Waals surface area contributed by atoms with Crippen molar-refractivity contribution in [3.8, 4) is 0 Å². The molecule has 3 rings (SSSR count). The van der Waals surface area contributed by atoms with Crippen molar-refractivity contribution < 1.29 is 29.0 Å². The molecule has 1 heterocycles. The van der Waals surface area contributed by atoms with Gasteiger partial charge in [-0.05, 0) is 32.4 Å². The van der Waals surface area contributed by atoms with E-state index in [0.29, 0.717) is 17.7 Å². The van der Waals surface area contributed by atoms with Crippen molar-refractivity contribution in [1.82, 2.24) is 5.32 Å². The Balaban J connectivity index is 2.23. The molecule has 10 heteroatoms. The second-order valence-corrected chi connectivity index (χ2v) is 10.3. The minimum Gasteiger partial charge on any atom is -0.479 e. The minimum atomic E-state index is -2.13. The van der Waals surface area contributed by atoms with Crippen LogP contribution >= 0.6 is 11.8 Å². The molecule has 1 aliphatic rings. The van der Waals surface area contributed by atoms with Crippen molar-refractivity contribution in [1.29, 1.82) is 0 Å². The summed E-state index contributed by atoms with van der Waals surface area (Å²) in [5.74, 6) is -1.52. The van der Waals surface area contributed by atoms with Gasteiger partial charge in [-0.2, -0.15) is 0 Å². The van der Waals surface area contributed by atoms with Crippen LogP contribution in [0.2, 0.25) is 0 Å². The number of rotatable bonds is 8. The topological polar surface area (TPSA) is 139 Å². The summed E-state index contributed by atoms with van der Waals surface area (Å²) in [4.78, 5) is 51.0. The number of nitrogens with zero attached hydrogens (tertiary/aromatic N) is 1. The Labute approximate surface area is 208 Å². The molecule has 1 aliphatic heterocycles. The van der Waals surface area contributed by atoms with Gasteiger partial charge in [0.1, 0.15) is 23.3 Å².